The molecule has 0 aliphatic heterocycles. The van der Waals surface area contributed by atoms with Gasteiger partial charge in [-0.1, -0.05) is 19.8 Å². The first-order valence-corrected chi connectivity index (χ1v) is 3.51. The van der Waals surface area contributed by atoms with E-state index < -0.39 is 6.09 Å². The highest BCUT2D eigenvalue weighted by atomic mass is 16.5. The lowest BCUT2D eigenvalue weighted by atomic mass is 10.2. The van der Waals surface area contributed by atoms with E-state index in [1.807, 2.05) is 13.8 Å². The number of hydrogen-bond donors (Lipinski definition) is 1. The van der Waals surface area contributed by atoms with Gasteiger partial charge in [-0.3, -0.25) is 0 Å². The molecule has 0 aliphatic rings. The first-order chi connectivity index (χ1) is 5.16. The minimum absolute atomic E-state index is 0.219. The Morgan fingerprint density at radius 2 is 2.36 bits per heavy atom. The fourth-order valence-corrected chi connectivity index (χ4v) is 0.417. The van der Waals surface area contributed by atoms with Crippen molar-refractivity contribution in [3.8, 4) is 12.3 Å². The smallest absolute Gasteiger partial charge is 0.407 e. The van der Waals surface area contributed by atoms with Crippen molar-refractivity contribution in [2.75, 3.05) is 13.2 Å². The fraction of sp³-hybridized carbons (Fsp3) is 0.625. The summed E-state index contributed by atoms with van der Waals surface area (Å²) in [4.78, 5) is 10.7. The van der Waals surface area contributed by atoms with E-state index in [1.54, 1.807) is 0 Å². The summed E-state index contributed by atoms with van der Waals surface area (Å²) in [6.45, 7) is 4.58. The lowest BCUT2D eigenvalue weighted by Gasteiger charge is -2.06. The second kappa shape index (κ2) is 5.60. The van der Waals surface area contributed by atoms with Crippen molar-refractivity contribution in [1.29, 1.82) is 0 Å². The minimum atomic E-state index is -0.448. The van der Waals surface area contributed by atoms with E-state index in [-0.39, 0.29) is 6.54 Å². The van der Waals surface area contributed by atoms with Gasteiger partial charge in [-0.25, -0.2) is 4.79 Å². The molecule has 0 saturated heterocycles. The van der Waals surface area contributed by atoms with Gasteiger partial charge in [-0.15, -0.1) is 6.42 Å². The number of terminal acetylenes is 1. The van der Waals surface area contributed by atoms with Crippen LogP contribution in [0, 0.1) is 18.3 Å². The summed E-state index contributed by atoms with van der Waals surface area (Å²) in [7, 11) is 0. The van der Waals surface area contributed by atoms with Crippen LogP contribution in [0.4, 0.5) is 4.79 Å². The van der Waals surface area contributed by atoms with Crippen LogP contribution in [0.1, 0.15) is 13.8 Å². The number of amides is 1. The van der Waals surface area contributed by atoms with Crippen LogP contribution in [0.15, 0.2) is 0 Å². The Morgan fingerprint density at radius 3 is 2.82 bits per heavy atom. The molecule has 0 spiro atoms. The van der Waals surface area contributed by atoms with E-state index in [1.165, 1.54) is 0 Å². The Morgan fingerprint density at radius 1 is 1.73 bits per heavy atom. The van der Waals surface area contributed by atoms with Crippen LogP contribution in [0.5, 0.6) is 0 Å². The van der Waals surface area contributed by atoms with E-state index in [9.17, 15) is 4.79 Å². The van der Waals surface area contributed by atoms with Crippen LogP contribution in [0.2, 0.25) is 0 Å². The number of rotatable bonds is 3. The molecule has 0 rings (SSSR count). The number of alkyl carbamates (subject to hydrolysis) is 1. The van der Waals surface area contributed by atoms with Gasteiger partial charge in [0.1, 0.15) is 0 Å². The topological polar surface area (TPSA) is 38.3 Å². The molecule has 0 aromatic carbocycles. The summed E-state index contributed by atoms with van der Waals surface area (Å²) >= 11 is 0. The Kier molecular flexibility index (Phi) is 5.01. The predicted molar refractivity (Wildman–Crippen MR) is 43.0 cm³/mol. The first-order valence-electron chi connectivity index (χ1n) is 3.51. The van der Waals surface area contributed by atoms with Crippen molar-refractivity contribution in [3.05, 3.63) is 0 Å². The van der Waals surface area contributed by atoms with Crippen LogP contribution in [0.3, 0.4) is 0 Å². The molecule has 62 valence electrons. The lowest BCUT2D eigenvalue weighted by molar-refractivity contribution is 0.134. The summed E-state index contributed by atoms with van der Waals surface area (Å²) in [5, 5.41) is 2.39. The predicted octanol–water partition coefficient (Wildman–Crippen LogP) is 1.00. The quantitative estimate of drug-likeness (QED) is 0.617. The average molecular weight is 155 g/mol. The number of carbonyl (C=O) groups excluding carboxylic acids is 1. The van der Waals surface area contributed by atoms with Gasteiger partial charge in [0.25, 0.3) is 0 Å². The maximum atomic E-state index is 10.7. The van der Waals surface area contributed by atoms with Gasteiger partial charge in [0, 0.05) is 0 Å². The molecule has 0 saturated carbocycles. The molecule has 0 aromatic rings. The normalized spacial score (nSPS) is 8.91. The highest BCUT2D eigenvalue weighted by molar-refractivity contribution is 5.67. The minimum Gasteiger partial charge on any atom is -0.449 e. The van der Waals surface area contributed by atoms with Gasteiger partial charge < -0.3 is 10.1 Å². The SMILES string of the molecule is C#CCNC(=O)OCC(C)C. The van der Waals surface area contributed by atoms with Crippen LogP contribution >= 0.6 is 0 Å². The summed E-state index contributed by atoms with van der Waals surface area (Å²) in [5.74, 6) is 2.63. The molecular formula is C8H13NO2. The van der Waals surface area contributed by atoms with Gasteiger partial charge in [-0.05, 0) is 5.92 Å². The van der Waals surface area contributed by atoms with E-state index in [2.05, 4.69) is 11.2 Å². The van der Waals surface area contributed by atoms with E-state index >= 15 is 0 Å². The molecule has 0 atom stereocenters. The molecule has 3 nitrogen and oxygen atoms in total. The van der Waals surface area contributed by atoms with Crippen LogP contribution < -0.4 is 5.32 Å². The van der Waals surface area contributed by atoms with Crippen molar-refractivity contribution in [1.82, 2.24) is 5.32 Å². The number of carbonyl (C=O) groups is 1. The van der Waals surface area contributed by atoms with Crippen molar-refractivity contribution in [3.63, 3.8) is 0 Å². The number of nitrogens with one attached hydrogen (secondary N) is 1. The van der Waals surface area contributed by atoms with Gasteiger partial charge in [0.05, 0.1) is 13.2 Å². The average Bonchev–Trinajstić information content (AvgIpc) is 1.97. The third-order valence-corrected chi connectivity index (χ3v) is 0.883. The van der Waals surface area contributed by atoms with Gasteiger partial charge in [0.15, 0.2) is 0 Å². The Labute approximate surface area is 67.1 Å². The van der Waals surface area contributed by atoms with Gasteiger partial charge >= 0.3 is 6.09 Å². The maximum Gasteiger partial charge on any atom is 0.407 e. The third kappa shape index (κ3) is 6.72. The van der Waals surface area contributed by atoms with E-state index in [4.69, 9.17) is 11.2 Å². The molecule has 11 heavy (non-hydrogen) atoms. The Hall–Kier alpha value is -1.17. The molecule has 0 fully saturated rings. The molecule has 0 aliphatic carbocycles. The largest absolute Gasteiger partial charge is 0.449 e. The van der Waals surface area contributed by atoms with Crippen molar-refractivity contribution < 1.29 is 9.53 Å². The Balaban J connectivity index is 3.32. The second-order valence-corrected chi connectivity index (χ2v) is 2.55. The zero-order valence-electron chi connectivity index (χ0n) is 6.89. The molecular weight excluding hydrogens is 142 g/mol. The van der Waals surface area contributed by atoms with Crippen molar-refractivity contribution in [2.45, 2.75) is 13.8 Å². The standard InChI is InChI=1S/C8H13NO2/c1-4-5-9-8(10)11-6-7(2)3/h1,7H,5-6H2,2-3H3,(H,9,10). The second-order valence-electron chi connectivity index (χ2n) is 2.55. The van der Waals surface area contributed by atoms with E-state index in [0.29, 0.717) is 12.5 Å². The molecule has 0 unspecified atom stereocenters. The van der Waals surface area contributed by atoms with Gasteiger partial charge in [0.2, 0.25) is 0 Å². The van der Waals surface area contributed by atoms with Crippen LogP contribution in [0.25, 0.3) is 0 Å². The third-order valence-electron chi connectivity index (χ3n) is 0.883. The van der Waals surface area contributed by atoms with Crippen molar-refractivity contribution in [2.24, 2.45) is 5.92 Å². The molecule has 3 heteroatoms. The molecule has 1 N–H and O–H groups in total. The highest BCUT2D eigenvalue weighted by Gasteiger charge is 2.00. The van der Waals surface area contributed by atoms with Gasteiger partial charge in [-0.2, -0.15) is 0 Å². The molecule has 0 aromatic heterocycles. The molecule has 1 amide bonds. The van der Waals surface area contributed by atoms with Crippen LogP contribution in [-0.4, -0.2) is 19.2 Å². The van der Waals surface area contributed by atoms with Crippen molar-refractivity contribution >= 4 is 6.09 Å². The summed E-state index contributed by atoms with van der Waals surface area (Å²) in [6.07, 6.45) is 4.46. The fourth-order valence-electron chi connectivity index (χ4n) is 0.417. The Bertz CT molecular complexity index is 158. The molecule has 0 bridgehead atoms. The zero-order valence-corrected chi connectivity index (χ0v) is 6.89. The summed E-state index contributed by atoms with van der Waals surface area (Å²) < 4.78 is 4.76. The maximum absolute atomic E-state index is 10.7. The zero-order chi connectivity index (χ0) is 8.69. The first kappa shape index (κ1) is 9.83. The molecule has 0 radical (unpaired) electrons. The highest BCUT2D eigenvalue weighted by Crippen LogP contribution is 1.91. The summed E-state index contributed by atoms with van der Waals surface area (Å²) in [6, 6.07) is 0. The van der Waals surface area contributed by atoms with Crippen LogP contribution in [-0.2, 0) is 4.74 Å². The number of ether oxygens (including phenoxy) is 1. The summed E-state index contributed by atoms with van der Waals surface area (Å²) in [5.41, 5.74) is 0. The van der Waals surface area contributed by atoms with E-state index in [0.717, 1.165) is 0 Å². The number of hydrogen-bond acceptors (Lipinski definition) is 2. The molecule has 0 heterocycles. The lowest BCUT2D eigenvalue weighted by Crippen LogP contribution is -2.25. The monoisotopic (exact) mass is 155 g/mol.